The highest BCUT2D eigenvalue weighted by molar-refractivity contribution is 8.76. The van der Waals surface area contributed by atoms with Crippen LogP contribution in [0.15, 0.2) is 36.4 Å². The third kappa shape index (κ3) is 16.4. The van der Waals surface area contributed by atoms with Crippen molar-refractivity contribution in [3.05, 3.63) is 42.0 Å². The summed E-state index contributed by atoms with van der Waals surface area (Å²) >= 11 is 0. The number of nitrogens with one attached hydrogen (secondary N) is 1. The Balaban J connectivity index is 1.30. The van der Waals surface area contributed by atoms with Crippen LogP contribution >= 0.6 is 21.6 Å². The monoisotopic (exact) mass is 617 g/mol. The molecule has 1 heterocycles. The van der Waals surface area contributed by atoms with Crippen LogP contribution in [0.5, 0.6) is 0 Å². The molecule has 0 aromatic heterocycles. The molecule has 0 spiro atoms. The first-order valence-electron chi connectivity index (χ1n) is 16.0. The lowest BCUT2D eigenvalue weighted by Crippen LogP contribution is -2.30. The van der Waals surface area contributed by atoms with Gasteiger partial charge in [0.05, 0.1) is 5.69 Å². The van der Waals surface area contributed by atoms with Gasteiger partial charge in [0, 0.05) is 42.2 Å². The average molecular weight is 618 g/mol. The van der Waals surface area contributed by atoms with E-state index in [2.05, 4.69) is 5.32 Å². The highest BCUT2D eigenvalue weighted by Crippen LogP contribution is 2.25. The zero-order valence-electron chi connectivity index (χ0n) is 25.3. The molecule has 3 N–H and O–H groups in total. The Hall–Kier alpha value is -2.26. The number of anilines is 1. The quantitative estimate of drug-likeness (QED) is 0.0625. The Labute approximate surface area is 261 Å². The van der Waals surface area contributed by atoms with Crippen molar-refractivity contribution in [1.82, 2.24) is 5.32 Å². The molecule has 9 heteroatoms. The van der Waals surface area contributed by atoms with Gasteiger partial charge in [0.15, 0.2) is 0 Å². The van der Waals surface area contributed by atoms with Crippen molar-refractivity contribution in [3.63, 3.8) is 0 Å². The molecule has 42 heavy (non-hydrogen) atoms. The molecule has 1 aromatic carbocycles. The molecule has 0 fully saturated rings. The summed E-state index contributed by atoms with van der Waals surface area (Å²) in [5, 5.41) is 2.95. The van der Waals surface area contributed by atoms with Gasteiger partial charge in [-0.3, -0.25) is 19.2 Å². The van der Waals surface area contributed by atoms with E-state index in [0.29, 0.717) is 24.2 Å². The van der Waals surface area contributed by atoms with Crippen LogP contribution in [-0.4, -0.2) is 41.7 Å². The lowest BCUT2D eigenvalue weighted by Gasteiger charge is -2.14. The SMILES string of the molecule is NC(=O)CCCCCCCCCCSSCCCCCCCCCCCNC(=O)c1cccc(N2C(=O)C=CC2=O)c1. The first-order valence-corrected chi connectivity index (χ1v) is 18.4. The standard InChI is InChI=1S/C33H51N3O4S2/c34-30(37)21-14-10-6-2-5-9-13-17-26-42-41-25-16-12-8-4-1-3-7-11-15-24-35-33(40)28-19-18-20-29(27-28)36-31(38)22-23-32(36)39/h18-20,22-23,27H,1-17,21,24-26H2,(H2,34,37)(H,35,40). The second-order valence-electron chi connectivity index (χ2n) is 11.0. The van der Waals surface area contributed by atoms with Crippen LogP contribution in [0.3, 0.4) is 0 Å². The number of rotatable bonds is 26. The fraction of sp³-hybridized carbons (Fsp3) is 0.636. The Kier molecular flexibility index (Phi) is 19.9. The fourth-order valence-electron chi connectivity index (χ4n) is 4.91. The largest absolute Gasteiger partial charge is 0.370 e. The summed E-state index contributed by atoms with van der Waals surface area (Å²) in [6, 6.07) is 6.62. The molecule has 0 radical (unpaired) electrons. The van der Waals surface area contributed by atoms with E-state index in [-0.39, 0.29) is 23.6 Å². The molecule has 4 amide bonds. The maximum absolute atomic E-state index is 12.5. The third-order valence-electron chi connectivity index (χ3n) is 7.35. The molecule has 2 rings (SSSR count). The van der Waals surface area contributed by atoms with Gasteiger partial charge in [-0.25, -0.2) is 4.90 Å². The maximum Gasteiger partial charge on any atom is 0.258 e. The minimum absolute atomic E-state index is 0.175. The van der Waals surface area contributed by atoms with Crippen LogP contribution in [0.4, 0.5) is 5.69 Å². The molecule has 1 aliphatic rings. The summed E-state index contributed by atoms with van der Waals surface area (Å²) in [6.45, 7) is 0.628. The van der Waals surface area contributed by atoms with E-state index in [1.807, 2.05) is 21.6 Å². The fourth-order valence-corrected chi connectivity index (χ4v) is 7.20. The van der Waals surface area contributed by atoms with Crippen LogP contribution < -0.4 is 16.0 Å². The van der Waals surface area contributed by atoms with Crippen LogP contribution in [0.2, 0.25) is 0 Å². The number of hydrogen-bond donors (Lipinski definition) is 2. The molecule has 0 unspecified atom stereocenters. The summed E-state index contributed by atoms with van der Waals surface area (Å²) < 4.78 is 0. The molecule has 234 valence electrons. The normalized spacial score (nSPS) is 12.8. The van der Waals surface area contributed by atoms with Gasteiger partial charge in [-0.05, 0) is 43.9 Å². The van der Waals surface area contributed by atoms with Gasteiger partial charge in [-0.1, -0.05) is 111 Å². The van der Waals surface area contributed by atoms with Crippen molar-refractivity contribution in [2.24, 2.45) is 5.73 Å². The Bertz CT molecular complexity index is 968. The van der Waals surface area contributed by atoms with Crippen LogP contribution in [0, 0.1) is 0 Å². The number of amides is 4. The van der Waals surface area contributed by atoms with E-state index in [1.54, 1.807) is 24.3 Å². The lowest BCUT2D eigenvalue weighted by atomic mass is 10.1. The van der Waals surface area contributed by atoms with E-state index in [1.165, 1.54) is 107 Å². The number of carbonyl (C=O) groups excluding carboxylic acids is 4. The zero-order valence-corrected chi connectivity index (χ0v) is 26.9. The van der Waals surface area contributed by atoms with Gasteiger partial charge in [0.25, 0.3) is 17.7 Å². The summed E-state index contributed by atoms with van der Waals surface area (Å²) in [4.78, 5) is 48.0. The summed E-state index contributed by atoms with van der Waals surface area (Å²) in [5.41, 5.74) is 6.02. The number of nitrogens with two attached hydrogens (primary N) is 1. The van der Waals surface area contributed by atoms with E-state index < -0.39 is 0 Å². The molecule has 7 nitrogen and oxygen atoms in total. The van der Waals surface area contributed by atoms with Crippen molar-refractivity contribution in [3.8, 4) is 0 Å². The molecule has 0 atom stereocenters. The van der Waals surface area contributed by atoms with E-state index in [9.17, 15) is 19.2 Å². The predicted molar refractivity (Wildman–Crippen MR) is 178 cm³/mol. The highest BCUT2D eigenvalue weighted by Gasteiger charge is 2.25. The maximum atomic E-state index is 12.5. The van der Waals surface area contributed by atoms with E-state index in [0.717, 1.165) is 30.6 Å². The van der Waals surface area contributed by atoms with Gasteiger partial charge in [0.2, 0.25) is 5.91 Å². The Morgan fingerprint density at radius 3 is 1.67 bits per heavy atom. The first-order chi connectivity index (χ1) is 20.5. The van der Waals surface area contributed by atoms with Crippen molar-refractivity contribution < 1.29 is 19.2 Å². The number of benzene rings is 1. The molecule has 0 saturated heterocycles. The van der Waals surface area contributed by atoms with E-state index >= 15 is 0 Å². The van der Waals surface area contributed by atoms with E-state index in [4.69, 9.17) is 5.73 Å². The second kappa shape index (κ2) is 23.2. The molecular weight excluding hydrogens is 567 g/mol. The highest BCUT2D eigenvalue weighted by atomic mass is 33.1. The van der Waals surface area contributed by atoms with Crippen LogP contribution in [0.1, 0.15) is 126 Å². The number of unbranched alkanes of at least 4 members (excludes halogenated alkanes) is 15. The summed E-state index contributed by atoms with van der Waals surface area (Å²) in [5.74, 6) is 1.40. The minimum Gasteiger partial charge on any atom is -0.370 e. The van der Waals surface area contributed by atoms with Gasteiger partial charge in [-0.2, -0.15) is 0 Å². The third-order valence-corrected chi connectivity index (χ3v) is 9.93. The topological polar surface area (TPSA) is 110 Å². The van der Waals surface area contributed by atoms with Crippen molar-refractivity contribution in [2.75, 3.05) is 23.0 Å². The van der Waals surface area contributed by atoms with Crippen LogP contribution in [0.25, 0.3) is 0 Å². The molecular formula is C33H51N3O4S2. The van der Waals surface area contributed by atoms with Gasteiger partial charge in [-0.15, -0.1) is 0 Å². The molecule has 1 aromatic rings. The molecule has 1 aliphatic heterocycles. The second-order valence-corrected chi connectivity index (χ2v) is 13.7. The number of hydrogen-bond acceptors (Lipinski definition) is 6. The van der Waals surface area contributed by atoms with Gasteiger partial charge >= 0.3 is 0 Å². The first kappa shape index (κ1) is 35.9. The summed E-state index contributed by atoms with van der Waals surface area (Å²) in [6.07, 6.45) is 24.0. The molecule has 0 aliphatic carbocycles. The van der Waals surface area contributed by atoms with Crippen molar-refractivity contribution >= 4 is 50.9 Å². The number of imide groups is 1. The van der Waals surface area contributed by atoms with Crippen LogP contribution in [-0.2, 0) is 14.4 Å². The molecule has 0 saturated carbocycles. The minimum atomic E-state index is -0.386. The van der Waals surface area contributed by atoms with Gasteiger partial charge < -0.3 is 11.1 Å². The summed E-state index contributed by atoms with van der Waals surface area (Å²) in [7, 11) is 4.07. The smallest absolute Gasteiger partial charge is 0.258 e. The molecule has 0 bridgehead atoms. The Morgan fingerprint density at radius 2 is 1.14 bits per heavy atom. The predicted octanol–water partition coefficient (Wildman–Crippen LogP) is 7.73. The number of primary amides is 1. The number of carbonyl (C=O) groups is 4. The Morgan fingerprint density at radius 1 is 0.667 bits per heavy atom. The van der Waals surface area contributed by atoms with Crippen molar-refractivity contribution in [2.45, 2.75) is 116 Å². The zero-order chi connectivity index (χ0) is 30.3. The number of nitrogens with zero attached hydrogens (tertiary/aromatic N) is 1. The van der Waals surface area contributed by atoms with Gasteiger partial charge in [0.1, 0.15) is 0 Å². The lowest BCUT2D eigenvalue weighted by molar-refractivity contribution is -0.120. The average Bonchev–Trinajstić information content (AvgIpc) is 3.32. The van der Waals surface area contributed by atoms with Crippen molar-refractivity contribution in [1.29, 1.82) is 0 Å².